The fraction of sp³-hybridized carbons (Fsp3) is 0.348. The van der Waals surface area contributed by atoms with Crippen molar-refractivity contribution in [1.82, 2.24) is 14.3 Å². The molecule has 4 rings (SSSR count). The second-order valence-electron chi connectivity index (χ2n) is 8.11. The fourth-order valence-corrected chi connectivity index (χ4v) is 4.60. The molecule has 1 aliphatic carbocycles. The Kier molecular flexibility index (Phi) is 6.13. The van der Waals surface area contributed by atoms with E-state index in [1.54, 1.807) is 19.9 Å². The highest BCUT2D eigenvalue weighted by atomic mass is 35.5. The summed E-state index contributed by atoms with van der Waals surface area (Å²) in [5, 5.41) is 30.9. The van der Waals surface area contributed by atoms with E-state index in [1.807, 2.05) is 13.0 Å². The Hall–Kier alpha value is -3.01. The Bertz CT molecular complexity index is 1260. The second kappa shape index (κ2) is 8.74. The summed E-state index contributed by atoms with van der Waals surface area (Å²) in [6.07, 6.45) is 2.36. The SMILES string of the molecule is C=C(C)C1=NN(c2c(F)cccc2Cl)C(O)C2C=C(n3nc(CO)n(CC)c3=O)C(C)=CC12. The summed E-state index contributed by atoms with van der Waals surface area (Å²) >= 11 is 6.26. The van der Waals surface area contributed by atoms with Gasteiger partial charge in [0, 0.05) is 18.4 Å². The number of hydrogen-bond acceptors (Lipinski definition) is 6. The van der Waals surface area contributed by atoms with Crippen LogP contribution in [0.25, 0.3) is 5.70 Å². The van der Waals surface area contributed by atoms with Crippen molar-refractivity contribution >= 4 is 28.7 Å². The van der Waals surface area contributed by atoms with E-state index in [0.717, 1.165) is 10.6 Å². The van der Waals surface area contributed by atoms with Gasteiger partial charge in [-0.15, -0.1) is 5.10 Å². The summed E-state index contributed by atoms with van der Waals surface area (Å²) in [5.74, 6) is -1.32. The molecular weight excluding hydrogens is 449 g/mol. The van der Waals surface area contributed by atoms with Gasteiger partial charge in [0.1, 0.15) is 18.1 Å². The zero-order chi connectivity index (χ0) is 24.0. The van der Waals surface area contributed by atoms with Crippen LogP contribution in [0.3, 0.4) is 0 Å². The zero-order valence-electron chi connectivity index (χ0n) is 18.5. The quantitative estimate of drug-likeness (QED) is 0.695. The fourth-order valence-electron chi connectivity index (χ4n) is 4.35. The third kappa shape index (κ3) is 3.76. The van der Waals surface area contributed by atoms with Gasteiger partial charge < -0.3 is 10.2 Å². The number of aromatic nitrogens is 3. The standard InChI is InChI=1S/C23H25ClFN5O3/c1-5-28-19(11-31)26-29(23(28)33)18-10-15-14(9-13(18)4)20(12(2)3)27-30(22(15)32)21-16(24)7-6-8-17(21)25/h6-10,14-15,22,31-32H,2,5,11H2,1,3-4H3. The number of aliphatic hydroxyl groups is 2. The third-order valence-corrected chi connectivity index (χ3v) is 6.26. The third-order valence-electron chi connectivity index (χ3n) is 5.95. The maximum absolute atomic E-state index is 14.7. The molecule has 2 aromatic rings. The molecule has 2 N–H and O–H groups in total. The van der Waals surface area contributed by atoms with Crippen molar-refractivity contribution in [1.29, 1.82) is 0 Å². The zero-order valence-corrected chi connectivity index (χ0v) is 19.3. The van der Waals surface area contributed by atoms with E-state index in [4.69, 9.17) is 11.6 Å². The average molecular weight is 474 g/mol. The van der Waals surface area contributed by atoms with E-state index in [9.17, 15) is 19.4 Å². The molecule has 33 heavy (non-hydrogen) atoms. The van der Waals surface area contributed by atoms with E-state index in [1.165, 1.54) is 27.4 Å². The first-order valence-corrected chi connectivity index (χ1v) is 10.9. The lowest BCUT2D eigenvalue weighted by atomic mass is 9.77. The highest BCUT2D eigenvalue weighted by molar-refractivity contribution is 6.33. The molecule has 0 radical (unpaired) electrons. The van der Waals surface area contributed by atoms with Gasteiger partial charge in [-0.2, -0.15) is 9.78 Å². The Labute approximate surface area is 195 Å². The van der Waals surface area contributed by atoms with Crippen LogP contribution in [0, 0.1) is 17.7 Å². The maximum atomic E-state index is 14.7. The molecule has 8 nitrogen and oxygen atoms in total. The van der Waals surface area contributed by atoms with Gasteiger partial charge in [0.25, 0.3) is 0 Å². The van der Waals surface area contributed by atoms with Crippen LogP contribution in [0.5, 0.6) is 0 Å². The van der Waals surface area contributed by atoms with Crippen molar-refractivity contribution in [3.8, 4) is 0 Å². The number of benzene rings is 1. The number of anilines is 1. The van der Waals surface area contributed by atoms with E-state index in [2.05, 4.69) is 16.8 Å². The Morgan fingerprint density at radius 3 is 2.64 bits per heavy atom. The predicted octanol–water partition coefficient (Wildman–Crippen LogP) is 3.15. The minimum Gasteiger partial charge on any atom is -0.388 e. The van der Waals surface area contributed by atoms with Crippen LogP contribution in [0.2, 0.25) is 5.02 Å². The van der Waals surface area contributed by atoms with Crippen LogP contribution < -0.4 is 10.7 Å². The van der Waals surface area contributed by atoms with E-state index < -0.39 is 23.7 Å². The van der Waals surface area contributed by atoms with Gasteiger partial charge in [-0.1, -0.05) is 30.3 Å². The molecule has 1 aliphatic heterocycles. The lowest BCUT2D eigenvalue weighted by Crippen LogP contribution is -2.48. The van der Waals surface area contributed by atoms with Crippen LogP contribution in [0.1, 0.15) is 26.6 Å². The number of aliphatic hydroxyl groups excluding tert-OH is 2. The maximum Gasteiger partial charge on any atom is 0.350 e. The lowest BCUT2D eigenvalue weighted by Gasteiger charge is -2.41. The van der Waals surface area contributed by atoms with Gasteiger partial charge in [0.15, 0.2) is 12.1 Å². The summed E-state index contributed by atoms with van der Waals surface area (Å²) in [4.78, 5) is 12.9. The topological polar surface area (TPSA) is 95.9 Å². The number of para-hydroxylation sites is 1. The molecule has 1 aromatic heterocycles. The van der Waals surface area contributed by atoms with Crippen LogP contribution in [-0.4, -0.2) is 36.5 Å². The summed E-state index contributed by atoms with van der Waals surface area (Å²) < 4.78 is 17.3. The first kappa shape index (κ1) is 23.2. The predicted molar refractivity (Wildman–Crippen MR) is 125 cm³/mol. The van der Waals surface area contributed by atoms with Crippen molar-refractivity contribution in [2.75, 3.05) is 5.01 Å². The lowest BCUT2D eigenvalue weighted by molar-refractivity contribution is 0.108. The van der Waals surface area contributed by atoms with Crippen molar-refractivity contribution in [2.45, 2.75) is 40.2 Å². The molecule has 1 aromatic carbocycles. The van der Waals surface area contributed by atoms with Crippen molar-refractivity contribution in [3.63, 3.8) is 0 Å². The van der Waals surface area contributed by atoms with Gasteiger partial charge in [-0.25, -0.2) is 14.2 Å². The summed E-state index contributed by atoms with van der Waals surface area (Å²) in [7, 11) is 0. The average Bonchev–Trinajstić information content (AvgIpc) is 3.09. The normalized spacial score (nSPS) is 22.5. The second-order valence-corrected chi connectivity index (χ2v) is 8.52. The van der Waals surface area contributed by atoms with Crippen LogP contribution >= 0.6 is 11.6 Å². The number of hydrazone groups is 1. The largest absolute Gasteiger partial charge is 0.388 e. The highest BCUT2D eigenvalue weighted by Gasteiger charge is 2.42. The molecule has 0 saturated carbocycles. The number of nitrogens with zero attached hydrogens (tertiary/aromatic N) is 5. The molecule has 174 valence electrons. The van der Waals surface area contributed by atoms with Gasteiger partial charge in [0.2, 0.25) is 0 Å². The number of halogens is 2. The number of allylic oxidation sites excluding steroid dienone is 4. The summed E-state index contributed by atoms with van der Waals surface area (Å²) in [5.41, 5.74) is 2.02. The monoisotopic (exact) mass is 473 g/mol. The molecule has 0 saturated heterocycles. The first-order chi connectivity index (χ1) is 15.7. The van der Waals surface area contributed by atoms with E-state index in [-0.39, 0.29) is 29.1 Å². The number of rotatable bonds is 5. The van der Waals surface area contributed by atoms with Gasteiger partial charge in [-0.3, -0.25) is 4.57 Å². The van der Waals surface area contributed by atoms with Crippen LogP contribution in [0.4, 0.5) is 10.1 Å². The molecule has 2 aliphatic rings. The number of hydrogen-bond donors (Lipinski definition) is 2. The molecule has 2 heterocycles. The molecule has 10 heteroatoms. The van der Waals surface area contributed by atoms with Crippen LogP contribution in [-0.2, 0) is 13.2 Å². The Morgan fingerprint density at radius 2 is 2.06 bits per heavy atom. The summed E-state index contributed by atoms with van der Waals surface area (Å²) in [6.45, 7) is 9.39. The molecule has 0 bridgehead atoms. The Balaban J connectivity index is 1.88. The highest BCUT2D eigenvalue weighted by Crippen LogP contribution is 2.41. The molecule has 0 fully saturated rings. The minimum atomic E-state index is -1.27. The molecule has 0 spiro atoms. The van der Waals surface area contributed by atoms with Gasteiger partial charge >= 0.3 is 5.69 Å². The van der Waals surface area contributed by atoms with Gasteiger partial charge in [-0.05, 0) is 50.1 Å². The first-order valence-electron chi connectivity index (χ1n) is 10.6. The molecule has 3 unspecified atom stereocenters. The van der Waals surface area contributed by atoms with Crippen molar-refractivity contribution in [3.05, 3.63) is 75.2 Å². The molecule has 3 atom stereocenters. The van der Waals surface area contributed by atoms with E-state index >= 15 is 0 Å². The number of fused-ring (bicyclic) bond motifs is 1. The smallest absolute Gasteiger partial charge is 0.350 e. The molecule has 0 amide bonds. The molecular formula is C23H25ClFN5O3. The van der Waals surface area contributed by atoms with Crippen molar-refractivity contribution in [2.24, 2.45) is 16.9 Å². The minimum absolute atomic E-state index is 0.0416. The van der Waals surface area contributed by atoms with Crippen molar-refractivity contribution < 1.29 is 14.6 Å². The summed E-state index contributed by atoms with van der Waals surface area (Å²) in [6, 6.07) is 4.24. The van der Waals surface area contributed by atoms with Crippen LogP contribution in [0.15, 0.2) is 58.0 Å². The van der Waals surface area contributed by atoms with Gasteiger partial charge in [0.05, 0.1) is 16.4 Å². The Morgan fingerprint density at radius 1 is 1.33 bits per heavy atom. The van der Waals surface area contributed by atoms with E-state index in [0.29, 0.717) is 23.5 Å².